The van der Waals surface area contributed by atoms with E-state index in [-0.39, 0.29) is 8.41 Å². The Labute approximate surface area is 124 Å². The van der Waals surface area contributed by atoms with Gasteiger partial charge in [0.1, 0.15) is 0 Å². The summed E-state index contributed by atoms with van der Waals surface area (Å²) in [5, 5.41) is 0. The third-order valence-electron chi connectivity index (χ3n) is 2.70. The monoisotopic (exact) mass is 308 g/mol. The molecular formula is C12H32BNO3PSi. The Kier molecular flexibility index (Phi) is 19.3. The molecule has 0 spiro atoms. The van der Waals surface area contributed by atoms with Crippen molar-refractivity contribution in [2.24, 2.45) is 0 Å². The van der Waals surface area contributed by atoms with E-state index >= 15 is 0 Å². The van der Waals surface area contributed by atoms with Gasteiger partial charge >= 0.3 is 0 Å². The number of quaternary nitrogens is 1. The quantitative estimate of drug-likeness (QED) is 0.540. The highest BCUT2D eigenvalue weighted by Crippen LogP contribution is 2.26. The molecule has 0 aliphatic rings. The van der Waals surface area contributed by atoms with Crippen molar-refractivity contribution in [3.63, 3.8) is 0 Å². The third-order valence-corrected chi connectivity index (χ3v) is 5.09. The molecule has 0 saturated carbocycles. The van der Waals surface area contributed by atoms with Crippen molar-refractivity contribution in [1.82, 2.24) is 0 Å². The fourth-order valence-electron chi connectivity index (χ4n) is 1.23. The van der Waals surface area contributed by atoms with Gasteiger partial charge in [-0.1, -0.05) is 19.6 Å². The molecule has 0 aromatic heterocycles. The molecule has 0 bridgehead atoms. The van der Waals surface area contributed by atoms with Crippen LogP contribution in [-0.2, 0) is 9.05 Å². The molecule has 0 rings (SSSR count). The maximum atomic E-state index is 10.6. The van der Waals surface area contributed by atoms with Gasteiger partial charge in [-0.05, 0) is 26.8 Å². The third kappa shape index (κ3) is 21.0. The largest absolute Gasteiger partial charge is 0.786 e. The summed E-state index contributed by atoms with van der Waals surface area (Å²) in [7, 11) is -1.52. The van der Waals surface area contributed by atoms with Crippen LogP contribution in [0.1, 0.15) is 20.8 Å². The minimum atomic E-state index is -1.86. The second kappa shape index (κ2) is 15.0. The predicted octanol–water partition coefficient (Wildman–Crippen LogP) is 1.13. The minimum absolute atomic E-state index is 0. The van der Waals surface area contributed by atoms with Crippen LogP contribution in [0.15, 0.2) is 0 Å². The van der Waals surface area contributed by atoms with E-state index in [0.717, 1.165) is 6.04 Å². The molecule has 0 heterocycles. The average Bonchev–Trinajstić information content (AvgIpc) is 2.30. The van der Waals surface area contributed by atoms with Crippen LogP contribution in [0, 0.1) is 0 Å². The fourth-order valence-corrected chi connectivity index (χ4v) is 2.46. The van der Waals surface area contributed by atoms with E-state index in [0.29, 0.717) is 6.61 Å². The zero-order valence-electron chi connectivity index (χ0n) is 13.8. The zero-order chi connectivity index (χ0) is 14.6. The average molecular weight is 308 g/mol. The molecule has 115 valence electrons. The Bertz CT molecular complexity index is 175. The van der Waals surface area contributed by atoms with E-state index < -0.39 is 16.7 Å². The number of rotatable bonds is 8. The molecule has 1 unspecified atom stereocenters. The van der Waals surface area contributed by atoms with E-state index in [1.807, 2.05) is 0 Å². The molecule has 0 aromatic carbocycles. The lowest BCUT2D eigenvalue weighted by Crippen LogP contribution is -3.11. The van der Waals surface area contributed by atoms with Crippen LogP contribution in [0.3, 0.4) is 0 Å². The van der Waals surface area contributed by atoms with Crippen LogP contribution in [0.5, 0.6) is 0 Å². The standard InChI is InChI=1S/C6H15N.C6H16O3PSi.B/c1-4-7(5-2)6-3;1-8-10(7)9-5-6-11(2,3)4;/h4-6H2,1-3H3;5-6H2,1-4H3;/q;-1;/p+1. The van der Waals surface area contributed by atoms with E-state index in [1.165, 1.54) is 26.7 Å². The number of hydrogen-bond acceptors (Lipinski definition) is 3. The lowest BCUT2D eigenvalue weighted by Gasteiger charge is -2.22. The molecule has 0 saturated heterocycles. The summed E-state index contributed by atoms with van der Waals surface area (Å²) in [6, 6.07) is 1.03. The first kappa shape index (κ1) is 24.6. The molecule has 3 radical (unpaired) electrons. The van der Waals surface area contributed by atoms with Crippen LogP contribution in [-0.4, -0.2) is 49.8 Å². The lowest BCUT2D eigenvalue weighted by atomic mass is 10.5. The van der Waals surface area contributed by atoms with E-state index in [1.54, 1.807) is 4.90 Å². The van der Waals surface area contributed by atoms with Gasteiger partial charge < -0.3 is 18.8 Å². The first-order valence-corrected chi connectivity index (χ1v) is 11.6. The summed E-state index contributed by atoms with van der Waals surface area (Å²) in [5.41, 5.74) is 0. The molecule has 1 N–H and O–H groups in total. The normalized spacial score (nSPS) is 12.5. The Hall–Kier alpha value is 0.552. The summed E-state index contributed by atoms with van der Waals surface area (Å²) >= 11 is 0. The molecule has 1 atom stereocenters. The van der Waals surface area contributed by atoms with Gasteiger partial charge in [-0.25, -0.2) is 0 Å². The molecule has 0 fully saturated rings. The number of hydrogen-bond donors (Lipinski definition) is 1. The van der Waals surface area contributed by atoms with Crippen LogP contribution in [0.2, 0.25) is 25.7 Å². The van der Waals surface area contributed by atoms with Crippen molar-refractivity contribution in [1.29, 1.82) is 0 Å². The Morgan fingerprint density at radius 2 is 1.47 bits per heavy atom. The molecule has 0 aliphatic heterocycles. The molecule has 0 aliphatic carbocycles. The van der Waals surface area contributed by atoms with Crippen molar-refractivity contribution >= 4 is 25.1 Å². The summed E-state index contributed by atoms with van der Waals surface area (Å²) in [6.45, 7) is 17.8. The molecule has 4 nitrogen and oxygen atoms in total. The fraction of sp³-hybridized carbons (Fsp3) is 1.00. The van der Waals surface area contributed by atoms with Crippen molar-refractivity contribution in [2.45, 2.75) is 46.5 Å². The zero-order valence-corrected chi connectivity index (χ0v) is 15.7. The van der Waals surface area contributed by atoms with Gasteiger partial charge in [-0.3, -0.25) is 0 Å². The second-order valence-corrected chi connectivity index (χ2v) is 12.1. The van der Waals surface area contributed by atoms with Gasteiger partial charge in [0.15, 0.2) is 0 Å². The van der Waals surface area contributed by atoms with Gasteiger partial charge in [-0.2, -0.15) is 0 Å². The van der Waals surface area contributed by atoms with E-state index in [2.05, 4.69) is 44.9 Å². The van der Waals surface area contributed by atoms with Crippen LogP contribution < -0.4 is 9.79 Å². The summed E-state index contributed by atoms with van der Waals surface area (Å²) in [4.78, 5) is 12.3. The summed E-state index contributed by atoms with van der Waals surface area (Å²) < 4.78 is 9.36. The van der Waals surface area contributed by atoms with Gasteiger partial charge in [0, 0.05) is 30.2 Å². The molecule has 7 heteroatoms. The maximum Gasteiger partial charge on any atom is 0.0824 e. The van der Waals surface area contributed by atoms with Crippen molar-refractivity contribution < 1.29 is 18.8 Å². The van der Waals surface area contributed by atoms with Crippen molar-refractivity contribution in [3.8, 4) is 0 Å². The van der Waals surface area contributed by atoms with Gasteiger partial charge in [0.25, 0.3) is 0 Å². The first-order chi connectivity index (χ1) is 8.30. The summed E-state index contributed by atoms with van der Waals surface area (Å²) in [5.74, 6) is 0. The lowest BCUT2D eigenvalue weighted by molar-refractivity contribution is -0.894. The SMILES string of the molecule is CC[NH+](CC)CC.COP([O-])OCC[Si](C)(C)C.[B]. The first-order valence-electron chi connectivity index (χ1n) is 6.78. The predicted molar refractivity (Wildman–Crippen MR) is 86.4 cm³/mol. The Morgan fingerprint density at radius 3 is 1.68 bits per heavy atom. The topological polar surface area (TPSA) is 46.0 Å². The Balaban J connectivity index is -0.000000280. The van der Waals surface area contributed by atoms with E-state index in [9.17, 15) is 4.89 Å². The van der Waals surface area contributed by atoms with Crippen LogP contribution in [0.4, 0.5) is 0 Å². The summed E-state index contributed by atoms with van der Waals surface area (Å²) in [6.07, 6.45) is 0. The highest BCUT2D eigenvalue weighted by atomic mass is 31.2. The minimum Gasteiger partial charge on any atom is -0.786 e. The Morgan fingerprint density at radius 1 is 1.05 bits per heavy atom. The highest BCUT2D eigenvalue weighted by molar-refractivity contribution is 7.38. The van der Waals surface area contributed by atoms with Gasteiger partial charge in [0.2, 0.25) is 0 Å². The van der Waals surface area contributed by atoms with Gasteiger partial charge in [-0.15, -0.1) is 0 Å². The van der Waals surface area contributed by atoms with Crippen LogP contribution >= 0.6 is 8.60 Å². The van der Waals surface area contributed by atoms with Crippen molar-refractivity contribution in [3.05, 3.63) is 0 Å². The maximum absolute atomic E-state index is 10.6. The van der Waals surface area contributed by atoms with Gasteiger partial charge in [0.05, 0.1) is 28.2 Å². The molecule has 0 amide bonds. The smallest absolute Gasteiger partial charge is 0.0824 e. The molecular weight excluding hydrogens is 276 g/mol. The van der Waals surface area contributed by atoms with Crippen molar-refractivity contribution in [2.75, 3.05) is 33.4 Å². The molecule has 0 aromatic rings. The van der Waals surface area contributed by atoms with E-state index in [4.69, 9.17) is 4.52 Å². The second-order valence-electron chi connectivity index (χ2n) is 5.36. The highest BCUT2D eigenvalue weighted by Gasteiger charge is 2.12. The number of nitrogens with one attached hydrogen (secondary N) is 1. The molecule has 19 heavy (non-hydrogen) atoms. The van der Waals surface area contributed by atoms with Crippen LogP contribution in [0.25, 0.3) is 0 Å².